The second-order valence-corrected chi connectivity index (χ2v) is 7.15. The molecule has 1 aromatic carbocycles. The molecule has 2 amide bonds. The molecular weight excluding hydrogens is 420 g/mol. The van der Waals surface area contributed by atoms with Crippen molar-refractivity contribution in [2.24, 2.45) is 0 Å². The molecule has 6 nitrogen and oxygen atoms in total. The number of likely N-dealkylation sites (tertiary alicyclic amines) is 1. The number of amides is 2. The van der Waals surface area contributed by atoms with Gasteiger partial charge in [0.05, 0.1) is 0 Å². The van der Waals surface area contributed by atoms with Crippen LogP contribution < -0.4 is 20.1 Å². The van der Waals surface area contributed by atoms with Crippen LogP contribution in [0.15, 0.2) is 18.2 Å². The fourth-order valence-corrected chi connectivity index (χ4v) is 2.91. The lowest BCUT2D eigenvalue weighted by atomic mass is 9.99. The third-order valence-electron chi connectivity index (χ3n) is 4.49. The second kappa shape index (κ2) is 9.63. The molecule has 1 fully saturated rings. The minimum Gasteiger partial charge on any atom is -0.484 e. The van der Waals surface area contributed by atoms with Crippen LogP contribution in [0, 0.1) is 0 Å². The van der Waals surface area contributed by atoms with E-state index in [-0.39, 0.29) is 17.8 Å². The quantitative estimate of drug-likeness (QED) is 0.648. The Morgan fingerprint density at radius 1 is 1.07 bits per heavy atom. The Bertz CT molecular complexity index is 690. The van der Waals surface area contributed by atoms with Gasteiger partial charge in [0.2, 0.25) is 0 Å². The summed E-state index contributed by atoms with van der Waals surface area (Å²) < 4.78 is 83.5. The van der Waals surface area contributed by atoms with E-state index in [4.69, 9.17) is 0 Å². The van der Waals surface area contributed by atoms with Crippen LogP contribution in [0.3, 0.4) is 0 Å². The van der Waals surface area contributed by atoms with E-state index in [0.29, 0.717) is 12.8 Å². The van der Waals surface area contributed by atoms with Gasteiger partial charge in [-0.15, -0.1) is 0 Å². The molecule has 0 bridgehead atoms. The number of carbonyl (C=O) groups excluding carboxylic acids is 1. The zero-order chi connectivity index (χ0) is 22.5. The van der Waals surface area contributed by atoms with E-state index in [1.165, 1.54) is 0 Å². The number of hydrogen-bond donors (Lipinski definition) is 2. The number of hydrogen-bond acceptors (Lipinski definition) is 4. The van der Waals surface area contributed by atoms with Gasteiger partial charge in [-0.05, 0) is 26.8 Å². The van der Waals surface area contributed by atoms with E-state index in [9.17, 15) is 31.1 Å². The number of rotatable bonds is 6. The van der Waals surface area contributed by atoms with Crippen molar-refractivity contribution in [3.8, 4) is 11.5 Å². The molecule has 12 heteroatoms. The Hall–Kier alpha value is -2.37. The summed E-state index contributed by atoms with van der Waals surface area (Å²) >= 11 is 0. The molecule has 2 N–H and O–H groups in total. The molecule has 0 aliphatic carbocycles. The van der Waals surface area contributed by atoms with Crippen LogP contribution in [0.4, 0.5) is 36.8 Å². The molecule has 0 radical (unpaired) electrons. The average molecular weight is 443 g/mol. The number of halogens is 6. The van der Waals surface area contributed by atoms with Crippen LogP contribution >= 0.6 is 0 Å². The third-order valence-corrected chi connectivity index (χ3v) is 4.49. The number of anilines is 1. The van der Waals surface area contributed by atoms with Crippen molar-refractivity contribution in [3.63, 3.8) is 0 Å². The summed E-state index contributed by atoms with van der Waals surface area (Å²) in [6.45, 7) is -0.497. The molecule has 2 unspecified atom stereocenters. The summed E-state index contributed by atoms with van der Waals surface area (Å²) in [5.41, 5.74) is -0.0645. The van der Waals surface area contributed by atoms with Gasteiger partial charge < -0.3 is 25.0 Å². The minimum absolute atomic E-state index is 0.0645. The van der Waals surface area contributed by atoms with Gasteiger partial charge in [0, 0.05) is 42.5 Å². The Balaban J connectivity index is 2.07. The summed E-state index contributed by atoms with van der Waals surface area (Å²) in [4.78, 5) is 14.4. The number of benzene rings is 1. The first kappa shape index (κ1) is 23.9. The van der Waals surface area contributed by atoms with Gasteiger partial charge >= 0.3 is 18.4 Å². The number of alkyl halides is 6. The summed E-state index contributed by atoms with van der Waals surface area (Å²) in [6.07, 6.45) is -7.86. The van der Waals surface area contributed by atoms with E-state index >= 15 is 0 Å². The fourth-order valence-electron chi connectivity index (χ4n) is 2.91. The molecule has 30 heavy (non-hydrogen) atoms. The Labute approximate surface area is 169 Å². The monoisotopic (exact) mass is 443 g/mol. The first-order valence-corrected chi connectivity index (χ1v) is 9.13. The van der Waals surface area contributed by atoms with E-state index in [1.807, 2.05) is 14.0 Å². The average Bonchev–Trinajstić information content (AvgIpc) is 2.60. The number of ether oxygens (including phenoxy) is 2. The molecule has 0 aromatic heterocycles. The van der Waals surface area contributed by atoms with Gasteiger partial charge in [-0.25, -0.2) is 4.79 Å². The molecule has 170 valence electrons. The first-order valence-electron chi connectivity index (χ1n) is 9.13. The van der Waals surface area contributed by atoms with Crippen molar-refractivity contribution in [1.29, 1.82) is 0 Å². The maximum atomic E-state index is 12.4. The van der Waals surface area contributed by atoms with Crippen molar-refractivity contribution < 1.29 is 40.6 Å². The summed E-state index contributed by atoms with van der Waals surface area (Å²) in [6, 6.07) is 2.55. The summed E-state index contributed by atoms with van der Waals surface area (Å²) in [5, 5.41) is 5.16. The standard InChI is InChI=1S/C18H23F6N3O3/c1-11-5-12(3-4-27(11)2)25-16(28)26-13-6-14(29-9-17(19,20)21)8-15(7-13)30-10-18(22,23)24/h6-8,11-12H,3-5,9-10H2,1-2H3,(H2,25,26,28). The van der Waals surface area contributed by atoms with Crippen molar-refractivity contribution in [2.75, 3.05) is 32.1 Å². The maximum absolute atomic E-state index is 12.4. The van der Waals surface area contributed by atoms with Crippen LogP contribution in [0.1, 0.15) is 19.8 Å². The van der Waals surface area contributed by atoms with Crippen LogP contribution in [-0.2, 0) is 0 Å². The smallest absolute Gasteiger partial charge is 0.422 e. The van der Waals surface area contributed by atoms with Crippen molar-refractivity contribution in [3.05, 3.63) is 18.2 Å². The molecule has 1 heterocycles. The van der Waals surface area contributed by atoms with Gasteiger partial charge in [-0.1, -0.05) is 0 Å². The molecular formula is C18H23F6N3O3. The molecule has 0 spiro atoms. The van der Waals surface area contributed by atoms with E-state index < -0.39 is 43.1 Å². The number of piperidine rings is 1. The fraction of sp³-hybridized carbons (Fsp3) is 0.611. The zero-order valence-corrected chi connectivity index (χ0v) is 16.4. The highest BCUT2D eigenvalue weighted by atomic mass is 19.4. The van der Waals surface area contributed by atoms with Crippen molar-refractivity contribution >= 4 is 11.7 Å². The molecule has 1 aliphatic heterocycles. The normalized spacial score (nSPS) is 20.5. The van der Waals surface area contributed by atoms with Crippen LogP contribution in [0.5, 0.6) is 11.5 Å². The number of nitrogens with zero attached hydrogens (tertiary/aromatic N) is 1. The van der Waals surface area contributed by atoms with Gasteiger partial charge in [0.1, 0.15) is 11.5 Å². The SMILES string of the molecule is CC1CC(NC(=O)Nc2cc(OCC(F)(F)F)cc(OCC(F)(F)F)c2)CCN1C. The van der Waals surface area contributed by atoms with E-state index in [2.05, 4.69) is 25.0 Å². The lowest BCUT2D eigenvalue weighted by Crippen LogP contribution is -2.48. The van der Waals surface area contributed by atoms with Crippen LogP contribution in [0.25, 0.3) is 0 Å². The molecule has 1 saturated heterocycles. The summed E-state index contributed by atoms with van der Waals surface area (Å²) in [5.74, 6) is -0.787. The van der Waals surface area contributed by atoms with E-state index in [1.54, 1.807) is 0 Å². The van der Waals surface area contributed by atoms with Gasteiger partial charge in [0.15, 0.2) is 13.2 Å². The highest BCUT2D eigenvalue weighted by Gasteiger charge is 2.30. The number of carbonyl (C=O) groups is 1. The first-order chi connectivity index (χ1) is 13.8. The minimum atomic E-state index is -4.64. The van der Waals surface area contributed by atoms with Crippen LogP contribution in [-0.4, -0.2) is 62.2 Å². The largest absolute Gasteiger partial charge is 0.484 e. The lowest BCUT2D eigenvalue weighted by molar-refractivity contribution is -0.153. The predicted octanol–water partition coefficient (Wildman–Crippen LogP) is 4.17. The van der Waals surface area contributed by atoms with Crippen molar-refractivity contribution in [1.82, 2.24) is 10.2 Å². The molecule has 1 aromatic rings. The molecule has 2 atom stereocenters. The second-order valence-electron chi connectivity index (χ2n) is 7.15. The number of nitrogens with one attached hydrogen (secondary N) is 2. The summed E-state index contributed by atoms with van der Waals surface area (Å²) in [7, 11) is 1.97. The zero-order valence-electron chi connectivity index (χ0n) is 16.4. The predicted molar refractivity (Wildman–Crippen MR) is 96.8 cm³/mol. The highest BCUT2D eigenvalue weighted by molar-refractivity contribution is 5.90. The van der Waals surface area contributed by atoms with Gasteiger partial charge in [-0.3, -0.25) is 0 Å². The highest BCUT2D eigenvalue weighted by Crippen LogP contribution is 2.29. The van der Waals surface area contributed by atoms with E-state index in [0.717, 1.165) is 24.7 Å². The molecule has 2 rings (SSSR count). The Kier molecular flexibility index (Phi) is 7.67. The molecule has 0 saturated carbocycles. The Morgan fingerprint density at radius 2 is 1.60 bits per heavy atom. The molecule has 1 aliphatic rings. The maximum Gasteiger partial charge on any atom is 0.422 e. The topological polar surface area (TPSA) is 62.8 Å². The lowest BCUT2D eigenvalue weighted by Gasteiger charge is -2.35. The van der Waals surface area contributed by atoms with Crippen molar-refractivity contribution in [2.45, 2.75) is 44.2 Å². The third kappa shape index (κ3) is 8.56. The van der Waals surface area contributed by atoms with Gasteiger partial charge in [0.25, 0.3) is 0 Å². The van der Waals surface area contributed by atoms with Gasteiger partial charge in [-0.2, -0.15) is 26.3 Å². The Morgan fingerprint density at radius 3 is 2.07 bits per heavy atom. The number of urea groups is 1. The van der Waals surface area contributed by atoms with Crippen LogP contribution in [0.2, 0.25) is 0 Å².